The fraction of sp³-hybridized carbons (Fsp3) is 0.400. The summed E-state index contributed by atoms with van der Waals surface area (Å²) >= 11 is 0. The maximum atomic E-state index is 13.2. The number of rotatable bonds is 5. The van der Waals surface area contributed by atoms with Crippen LogP contribution in [0.15, 0.2) is 30.6 Å². The minimum atomic E-state index is -0.183. The summed E-state index contributed by atoms with van der Waals surface area (Å²) in [6, 6.07) is 5.17. The fourth-order valence-electron chi connectivity index (χ4n) is 2.38. The molecule has 0 saturated heterocycles. The number of hydrogen-bond donors (Lipinski definition) is 1. The van der Waals surface area contributed by atoms with E-state index in [0.717, 1.165) is 24.1 Å². The summed E-state index contributed by atoms with van der Waals surface area (Å²) in [6.45, 7) is 4.91. The van der Waals surface area contributed by atoms with Crippen LogP contribution in [0.3, 0.4) is 0 Å². The lowest BCUT2D eigenvalue weighted by Crippen LogP contribution is -2.23. The molecule has 2 aromatic rings. The van der Waals surface area contributed by atoms with Crippen LogP contribution >= 0.6 is 0 Å². The third-order valence-electron chi connectivity index (χ3n) is 3.26. The molecular weight excluding hydrogens is 241 g/mol. The average molecular weight is 261 g/mol. The van der Waals surface area contributed by atoms with Gasteiger partial charge in [0.05, 0.1) is 6.20 Å². The minimum absolute atomic E-state index is 0.183. The van der Waals surface area contributed by atoms with Gasteiger partial charge >= 0.3 is 0 Å². The second-order valence-electron chi connectivity index (χ2n) is 4.84. The zero-order chi connectivity index (χ0) is 13.8. The van der Waals surface area contributed by atoms with Crippen molar-refractivity contribution in [3.63, 3.8) is 0 Å². The SMILES string of the molecule is CCNC(Cc1cnn(C)c1)c1ccc(F)cc1C. The number of halogens is 1. The van der Waals surface area contributed by atoms with Crippen molar-refractivity contribution >= 4 is 0 Å². The van der Waals surface area contributed by atoms with Gasteiger partial charge in [-0.25, -0.2) is 4.39 Å². The summed E-state index contributed by atoms with van der Waals surface area (Å²) in [5, 5.41) is 7.65. The first-order chi connectivity index (χ1) is 9.10. The molecule has 0 fully saturated rings. The molecule has 102 valence electrons. The van der Waals surface area contributed by atoms with Gasteiger partial charge in [-0.15, -0.1) is 0 Å². The number of nitrogens with one attached hydrogen (secondary N) is 1. The maximum Gasteiger partial charge on any atom is 0.123 e. The van der Waals surface area contributed by atoms with Gasteiger partial charge in [0.15, 0.2) is 0 Å². The molecule has 2 rings (SSSR count). The largest absolute Gasteiger partial charge is 0.310 e. The third kappa shape index (κ3) is 3.41. The van der Waals surface area contributed by atoms with Crippen LogP contribution in [-0.4, -0.2) is 16.3 Å². The van der Waals surface area contributed by atoms with E-state index < -0.39 is 0 Å². The van der Waals surface area contributed by atoms with Gasteiger partial charge in [-0.05, 0) is 48.7 Å². The van der Waals surface area contributed by atoms with Crippen molar-refractivity contribution in [2.45, 2.75) is 26.3 Å². The molecule has 1 heterocycles. The van der Waals surface area contributed by atoms with Gasteiger partial charge < -0.3 is 5.32 Å². The monoisotopic (exact) mass is 261 g/mol. The lowest BCUT2D eigenvalue weighted by Gasteiger charge is -2.20. The third-order valence-corrected chi connectivity index (χ3v) is 3.26. The highest BCUT2D eigenvalue weighted by Gasteiger charge is 2.14. The quantitative estimate of drug-likeness (QED) is 0.897. The van der Waals surface area contributed by atoms with Gasteiger partial charge in [-0.3, -0.25) is 4.68 Å². The van der Waals surface area contributed by atoms with Crippen LogP contribution in [0, 0.1) is 12.7 Å². The molecule has 0 aliphatic heterocycles. The summed E-state index contributed by atoms with van der Waals surface area (Å²) in [5.74, 6) is -0.183. The molecular formula is C15H20FN3. The molecule has 1 N–H and O–H groups in total. The summed E-state index contributed by atoms with van der Waals surface area (Å²) in [4.78, 5) is 0. The Hall–Kier alpha value is -1.68. The first-order valence-corrected chi connectivity index (χ1v) is 6.57. The van der Waals surface area contributed by atoms with Gasteiger partial charge in [-0.1, -0.05) is 13.0 Å². The van der Waals surface area contributed by atoms with Crippen LogP contribution in [0.5, 0.6) is 0 Å². The first kappa shape index (κ1) is 13.7. The number of aromatic nitrogens is 2. The minimum Gasteiger partial charge on any atom is -0.310 e. The summed E-state index contributed by atoms with van der Waals surface area (Å²) in [6.07, 6.45) is 4.75. The van der Waals surface area contributed by atoms with Crippen LogP contribution in [0.2, 0.25) is 0 Å². The molecule has 1 atom stereocenters. The number of benzene rings is 1. The van der Waals surface area contributed by atoms with Crippen molar-refractivity contribution in [3.05, 3.63) is 53.1 Å². The van der Waals surface area contributed by atoms with E-state index in [-0.39, 0.29) is 11.9 Å². The number of likely N-dealkylation sites (N-methyl/N-ethyl adjacent to an activating group) is 1. The Balaban J connectivity index is 2.23. The predicted molar refractivity (Wildman–Crippen MR) is 74.5 cm³/mol. The van der Waals surface area contributed by atoms with Gasteiger partial charge in [0, 0.05) is 19.3 Å². The Morgan fingerprint density at radius 2 is 2.21 bits per heavy atom. The van der Waals surface area contributed by atoms with E-state index in [1.165, 1.54) is 11.6 Å². The zero-order valence-electron chi connectivity index (χ0n) is 11.7. The molecule has 1 aromatic heterocycles. The van der Waals surface area contributed by atoms with Crippen molar-refractivity contribution in [3.8, 4) is 0 Å². The number of nitrogens with zero attached hydrogens (tertiary/aromatic N) is 2. The topological polar surface area (TPSA) is 29.9 Å². The van der Waals surface area contributed by atoms with Gasteiger partial charge in [0.25, 0.3) is 0 Å². The van der Waals surface area contributed by atoms with E-state index in [1.54, 1.807) is 10.7 Å². The van der Waals surface area contributed by atoms with Crippen molar-refractivity contribution < 1.29 is 4.39 Å². The summed E-state index contributed by atoms with van der Waals surface area (Å²) in [5.41, 5.74) is 3.30. The fourth-order valence-corrected chi connectivity index (χ4v) is 2.38. The van der Waals surface area contributed by atoms with E-state index in [2.05, 4.69) is 17.3 Å². The van der Waals surface area contributed by atoms with Crippen LogP contribution < -0.4 is 5.32 Å². The van der Waals surface area contributed by atoms with Crippen LogP contribution in [-0.2, 0) is 13.5 Å². The summed E-state index contributed by atoms with van der Waals surface area (Å²) < 4.78 is 15.0. The molecule has 0 spiro atoms. The van der Waals surface area contributed by atoms with E-state index in [0.29, 0.717) is 0 Å². The molecule has 0 aliphatic carbocycles. The Morgan fingerprint density at radius 1 is 1.42 bits per heavy atom. The van der Waals surface area contributed by atoms with Gasteiger partial charge in [-0.2, -0.15) is 5.10 Å². The molecule has 3 nitrogen and oxygen atoms in total. The van der Waals surface area contributed by atoms with Crippen molar-refractivity contribution in [1.82, 2.24) is 15.1 Å². The second-order valence-corrected chi connectivity index (χ2v) is 4.84. The average Bonchev–Trinajstić information content (AvgIpc) is 2.74. The van der Waals surface area contributed by atoms with E-state index in [9.17, 15) is 4.39 Å². The van der Waals surface area contributed by atoms with Gasteiger partial charge in [0.2, 0.25) is 0 Å². The highest BCUT2D eigenvalue weighted by atomic mass is 19.1. The second kappa shape index (κ2) is 5.97. The predicted octanol–water partition coefficient (Wildman–Crippen LogP) is 2.76. The molecule has 0 saturated carbocycles. The smallest absolute Gasteiger partial charge is 0.123 e. The molecule has 0 bridgehead atoms. The van der Waals surface area contributed by atoms with E-state index >= 15 is 0 Å². The van der Waals surface area contributed by atoms with E-state index in [4.69, 9.17) is 0 Å². The lowest BCUT2D eigenvalue weighted by molar-refractivity contribution is 0.544. The van der Waals surface area contributed by atoms with Crippen molar-refractivity contribution in [2.75, 3.05) is 6.54 Å². The van der Waals surface area contributed by atoms with Gasteiger partial charge in [0.1, 0.15) is 5.82 Å². The molecule has 0 aliphatic rings. The summed E-state index contributed by atoms with van der Waals surface area (Å²) in [7, 11) is 1.91. The number of hydrogen-bond acceptors (Lipinski definition) is 2. The molecule has 1 unspecified atom stereocenters. The highest BCUT2D eigenvalue weighted by molar-refractivity contribution is 5.30. The van der Waals surface area contributed by atoms with E-state index in [1.807, 2.05) is 32.4 Å². The zero-order valence-corrected chi connectivity index (χ0v) is 11.7. The molecule has 0 amide bonds. The Labute approximate surface area is 113 Å². The molecule has 0 radical (unpaired) electrons. The van der Waals surface area contributed by atoms with Crippen molar-refractivity contribution in [1.29, 1.82) is 0 Å². The normalized spacial score (nSPS) is 12.6. The standard InChI is InChI=1S/C15H20FN3/c1-4-17-15(8-12-9-18-19(3)10-12)14-6-5-13(16)7-11(14)2/h5-7,9-10,15,17H,4,8H2,1-3H3. The first-order valence-electron chi connectivity index (χ1n) is 6.57. The number of aryl methyl sites for hydroxylation is 2. The molecule has 1 aromatic carbocycles. The molecule has 4 heteroatoms. The maximum absolute atomic E-state index is 13.2. The Morgan fingerprint density at radius 3 is 2.79 bits per heavy atom. The van der Waals surface area contributed by atoms with Crippen LogP contribution in [0.4, 0.5) is 4.39 Å². The Bertz CT molecular complexity index is 548. The lowest BCUT2D eigenvalue weighted by atomic mass is 9.96. The van der Waals surface area contributed by atoms with Crippen LogP contribution in [0.25, 0.3) is 0 Å². The molecule has 19 heavy (non-hydrogen) atoms. The van der Waals surface area contributed by atoms with Crippen LogP contribution in [0.1, 0.15) is 29.7 Å². The highest BCUT2D eigenvalue weighted by Crippen LogP contribution is 2.22. The van der Waals surface area contributed by atoms with Crippen molar-refractivity contribution in [2.24, 2.45) is 7.05 Å². The Kier molecular flexibility index (Phi) is 4.32.